The molecule has 0 saturated carbocycles. The van der Waals surface area contributed by atoms with Crippen LogP contribution in [-0.4, -0.2) is 119 Å². The molecule has 0 radical (unpaired) electrons. The maximum atomic E-state index is 10.2. The van der Waals surface area contributed by atoms with Gasteiger partial charge in [-0.2, -0.15) is 0 Å². The molecule has 132 valence electrons. The van der Waals surface area contributed by atoms with E-state index in [9.17, 15) is 40.9 Å². The normalized spacial score (nSPS) is 41.7. The summed E-state index contributed by atoms with van der Waals surface area (Å²) in [6.45, 7) is -1.86. The third-order valence-corrected chi connectivity index (χ3v) is 3.68. The lowest BCUT2D eigenvalue weighted by molar-refractivity contribution is -0.386. The molecule has 9 atom stereocenters. The summed E-state index contributed by atoms with van der Waals surface area (Å²) in [5, 5.41) is 95.0. The van der Waals surface area contributed by atoms with Gasteiger partial charge in [-0.1, -0.05) is 0 Å². The summed E-state index contributed by atoms with van der Waals surface area (Å²) in [5.41, 5.74) is 0. The Hall–Kier alpha value is -0.440. The smallest absolute Gasteiger partial charge is 0.224 e. The third-order valence-electron chi connectivity index (χ3n) is 3.68. The van der Waals surface area contributed by atoms with E-state index in [0.717, 1.165) is 0 Å². The summed E-state index contributed by atoms with van der Waals surface area (Å²) in [6.07, 6.45) is -16.4. The Bertz CT molecular complexity index is 353. The fraction of sp³-hybridized carbons (Fsp3) is 1.00. The number of hydrogen-bond donors (Lipinski definition) is 10. The maximum absolute atomic E-state index is 10.2. The van der Waals surface area contributed by atoms with Gasteiger partial charge in [-0.15, -0.1) is 0 Å². The van der Waals surface area contributed by atoms with Crippen LogP contribution < -0.4 is 0 Å². The molecule has 3 unspecified atom stereocenters. The SMILES string of the molecule is OC[C@H](O)C(O)[C@@H](O)C(O)C1(O)O[C@H](CO)[C@@H](O)[C@H](O)[C@H]1O. The van der Waals surface area contributed by atoms with E-state index in [2.05, 4.69) is 0 Å². The predicted octanol–water partition coefficient (Wildman–Crippen LogP) is -6.42. The molecule has 0 bridgehead atoms. The second-order valence-electron chi connectivity index (χ2n) is 5.19. The van der Waals surface area contributed by atoms with Crippen molar-refractivity contribution in [3.05, 3.63) is 0 Å². The first-order valence-electron chi connectivity index (χ1n) is 6.50. The van der Waals surface area contributed by atoms with Crippen LogP contribution in [0.25, 0.3) is 0 Å². The van der Waals surface area contributed by atoms with E-state index in [1.54, 1.807) is 0 Å². The molecule has 22 heavy (non-hydrogen) atoms. The molecular formula is C11H22O11. The minimum atomic E-state index is -3.05. The molecule has 0 aromatic carbocycles. The second-order valence-corrected chi connectivity index (χ2v) is 5.19. The van der Waals surface area contributed by atoms with Crippen molar-refractivity contribution in [1.82, 2.24) is 0 Å². The van der Waals surface area contributed by atoms with Gasteiger partial charge >= 0.3 is 0 Å². The zero-order valence-electron chi connectivity index (χ0n) is 11.4. The minimum absolute atomic E-state index is 0.891. The molecule has 1 fully saturated rings. The number of ether oxygens (including phenoxy) is 1. The highest BCUT2D eigenvalue weighted by Gasteiger charge is 2.58. The van der Waals surface area contributed by atoms with Crippen molar-refractivity contribution in [3.8, 4) is 0 Å². The van der Waals surface area contributed by atoms with Crippen molar-refractivity contribution >= 4 is 0 Å². The third kappa shape index (κ3) is 3.39. The van der Waals surface area contributed by atoms with Gasteiger partial charge in [-0.25, -0.2) is 0 Å². The van der Waals surface area contributed by atoms with Crippen molar-refractivity contribution < 1.29 is 55.8 Å². The summed E-state index contributed by atoms with van der Waals surface area (Å²) in [6, 6.07) is 0. The average molecular weight is 330 g/mol. The monoisotopic (exact) mass is 330 g/mol. The van der Waals surface area contributed by atoms with E-state index in [1.165, 1.54) is 0 Å². The van der Waals surface area contributed by atoms with Gasteiger partial charge < -0.3 is 55.8 Å². The predicted molar refractivity (Wildman–Crippen MR) is 66.0 cm³/mol. The molecule has 0 aromatic heterocycles. The fourth-order valence-electron chi connectivity index (χ4n) is 2.19. The molecule has 11 heteroatoms. The van der Waals surface area contributed by atoms with Gasteiger partial charge in [0.05, 0.1) is 13.2 Å². The Morgan fingerprint density at radius 2 is 1.45 bits per heavy atom. The van der Waals surface area contributed by atoms with Gasteiger partial charge in [0.15, 0.2) is 0 Å². The fourth-order valence-corrected chi connectivity index (χ4v) is 2.19. The molecule has 10 N–H and O–H groups in total. The zero-order chi connectivity index (χ0) is 17.2. The summed E-state index contributed by atoms with van der Waals surface area (Å²) in [7, 11) is 0. The van der Waals surface area contributed by atoms with Crippen LogP contribution in [0.3, 0.4) is 0 Å². The first kappa shape index (κ1) is 19.6. The van der Waals surface area contributed by atoms with E-state index >= 15 is 0 Å². The van der Waals surface area contributed by atoms with Gasteiger partial charge in [0.25, 0.3) is 0 Å². The molecule has 1 saturated heterocycles. The molecule has 0 aliphatic carbocycles. The first-order chi connectivity index (χ1) is 10.1. The van der Waals surface area contributed by atoms with Crippen LogP contribution in [0.5, 0.6) is 0 Å². The van der Waals surface area contributed by atoms with Crippen LogP contribution in [-0.2, 0) is 4.74 Å². The van der Waals surface area contributed by atoms with Crippen LogP contribution in [0.15, 0.2) is 0 Å². The molecule has 1 rings (SSSR count). The highest BCUT2D eigenvalue weighted by molar-refractivity contribution is 5.02. The molecule has 1 heterocycles. The van der Waals surface area contributed by atoms with Crippen LogP contribution in [0.2, 0.25) is 0 Å². The Labute approximate surface area is 124 Å². The van der Waals surface area contributed by atoms with Crippen molar-refractivity contribution in [2.45, 2.75) is 54.6 Å². The minimum Gasteiger partial charge on any atom is -0.394 e. The van der Waals surface area contributed by atoms with Gasteiger partial charge in [0.2, 0.25) is 5.79 Å². The zero-order valence-corrected chi connectivity index (χ0v) is 11.4. The highest BCUT2D eigenvalue weighted by atomic mass is 16.7. The van der Waals surface area contributed by atoms with Gasteiger partial charge in [0.1, 0.15) is 48.8 Å². The lowest BCUT2D eigenvalue weighted by atomic mass is 9.86. The van der Waals surface area contributed by atoms with Gasteiger partial charge in [0, 0.05) is 0 Å². The van der Waals surface area contributed by atoms with Crippen molar-refractivity contribution in [1.29, 1.82) is 0 Å². The summed E-state index contributed by atoms with van der Waals surface area (Å²) in [5.74, 6) is -3.05. The van der Waals surface area contributed by atoms with Gasteiger partial charge in [-0.3, -0.25) is 0 Å². The van der Waals surface area contributed by atoms with E-state index in [-0.39, 0.29) is 0 Å². The highest BCUT2D eigenvalue weighted by Crippen LogP contribution is 2.32. The van der Waals surface area contributed by atoms with Crippen LogP contribution in [0.4, 0.5) is 0 Å². The molecule has 1 aliphatic rings. The Morgan fingerprint density at radius 3 is 1.91 bits per heavy atom. The Kier molecular flexibility index (Phi) is 6.61. The van der Waals surface area contributed by atoms with Crippen LogP contribution in [0, 0.1) is 0 Å². The standard InChI is InChI=1S/C11H22O11/c12-1-3(14)5(15)7(17)9(19)11(21)10(20)8(18)6(16)4(2-13)22-11/h3-10,12-21H,1-2H2/t3-,4+,5?,6+,7+,8-,9?,10+,11?/m0/s1. The lowest BCUT2D eigenvalue weighted by Crippen LogP contribution is -2.72. The maximum Gasteiger partial charge on any atom is 0.224 e. The topological polar surface area (TPSA) is 212 Å². The largest absolute Gasteiger partial charge is 0.394 e. The van der Waals surface area contributed by atoms with Crippen molar-refractivity contribution in [2.24, 2.45) is 0 Å². The molecule has 0 amide bonds. The molecule has 0 aromatic rings. The Morgan fingerprint density at radius 1 is 0.909 bits per heavy atom. The summed E-state index contributed by atoms with van der Waals surface area (Å²) >= 11 is 0. The second kappa shape index (κ2) is 7.42. The molecule has 11 nitrogen and oxygen atoms in total. The van der Waals surface area contributed by atoms with E-state index in [1.807, 2.05) is 0 Å². The molecule has 0 spiro atoms. The van der Waals surface area contributed by atoms with E-state index < -0.39 is 67.8 Å². The number of aliphatic hydroxyl groups is 10. The number of aliphatic hydroxyl groups excluding tert-OH is 9. The molecule has 1 aliphatic heterocycles. The van der Waals surface area contributed by atoms with Crippen molar-refractivity contribution in [2.75, 3.05) is 13.2 Å². The number of rotatable bonds is 6. The van der Waals surface area contributed by atoms with Crippen LogP contribution >= 0.6 is 0 Å². The summed E-state index contributed by atoms with van der Waals surface area (Å²) in [4.78, 5) is 0. The van der Waals surface area contributed by atoms with Crippen LogP contribution in [0.1, 0.15) is 0 Å². The summed E-state index contributed by atoms with van der Waals surface area (Å²) < 4.78 is 4.74. The van der Waals surface area contributed by atoms with Gasteiger partial charge in [-0.05, 0) is 0 Å². The van der Waals surface area contributed by atoms with E-state index in [4.69, 9.17) is 14.9 Å². The first-order valence-corrected chi connectivity index (χ1v) is 6.50. The van der Waals surface area contributed by atoms with E-state index in [0.29, 0.717) is 0 Å². The number of hydrogen-bond acceptors (Lipinski definition) is 11. The molecular weight excluding hydrogens is 308 g/mol. The Balaban J connectivity index is 2.99. The lowest BCUT2D eigenvalue weighted by Gasteiger charge is -2.48. The quantitative estimate of drug-likeness (QED) is 0.221. The van der Waals surface area contributed by atoms with Crippen molar-refractivity contribution in [3.63, 3.8) is 0 Å². The average Bonchev–Trinajstić information content (AvgIpc) is 2.53.